The van der Waals surface area contributed by atoms with Gasteiger partial charge in [-0.25, -0.2) is 4.79 Å². The van der Waals surface area contributed by atoms with Crippen LogP contribution in [0, 0.1) is 5.92 Å². The van der Waals surface area contributed by atoms with Crippen LogP contribution in [-0.2, 0) is 4.74 Å². The summed E-state index contributed by atoms with van der Waals surface area (Å²) in [4.78, 5) is 11.5. The van der Waals surface area contributed by atoms with Crippen LogP contribution in [0.15, 0.2) is 0 Å². The third-order valence-corrected chi connectivity index (χ3v) is 3.32. The van der Waals surface area contributed by atoms with Crippen molar-refractivity contribution in [3.63, 3.8) is 0 Å². The van der Waals surface area contributed by atoms with Crippen LogP contribution in [0.3, 0.4) is 0 Å². The first-order chi connectivity index (χ1) is 9.87. The summed E-state index contributed by atoms with van der Waals surface area (Å²) >= 11 is 0. The van der Waals surface area contributed by atoms with Crippen LogP contribution in [0.1, 0.15) is 32.1 Å². The van der Waals surface area contributed by atoms with E-state index >= 15 is 0 Å². The molecule has 2 atom stereocenters. The van der Waals surface area contributed by atoms with E-state index in [1.54, 1.807) is 0 Å². The Hall–Kier alpha value is -1.02. The number of hydrogen-bond donors (Lipinski definition) is 3. The van der Waals surface area contributed by atoms with Crippen molar-refractivity contribution >= 4 is 6.03 Å². The molecule has 2 amide bonds. The van der Waals surface area contributed by atoms with Crippen LogP contribution in [0.25, 0.3) is 0 Å². The molecule has 124 valence electrons. The number of urea groups is 1. The van der Waals surface area contributed by atoms with Gasteiger partial charge in [0.15, 0.2) is 0 Å². The van der Waals surface area contributed by atoms with Crippen molar-refractivity contribution < 1.29 is 27.8 Å². The van der Waals surface area contributed by atoms with E-state index in [0.717, 1.165) is 19.3 Å². The lowest BCUT2D eigenvalue weighted by atomic mass is 9.87. The molecule has 1 aliphatic rings. The molecule has 0 saturated heterocycles. The van der Waals surface area contributed by atoms with E-state index in [2.05, 4.69) is 15.4 Å². The van der Waals surface area contributed by atoms with Gasteiger partial charge in [-0.3, -0.25) is 0 Å². The van der Waals surface area contributed by atoms with Gasteiger partial charge in [0.25, 0.3) is 0 Å². The number of halogens is 3. The molecule has 1 saturated carbocycles. The van der Waals surface area contributed by atoms with Crippen LogP contribution >= 0.6 is 0 Å². The second-order valence-corrected chi connectivity index (χ2v) is 5.34. The zero-order chi connectivity index (χ0) is 15.7. The predicted molar refractivity (Wildman–Crippen MR) is 70.9 cm³/mol. The molecule has 0 aromatic rings. The molecule has 1 aliphatic carbocycles. The fourth-order valence-electron chi connectivity index (χ4n) is 2.31. The molecule has 0 aliphatic heterocycles. The number of carbonyl (C=O) groups is 1. The zero-order valence-electron chi connectivity index (χ0n) is 11.9. The number of nitrogens with one attached hydrogen (secondary N) is 2. The van der Waals surface area contributed by atoms with Crippen LogP contribution < -0.4 is 10.6 Å². The highest BCUT2D eigenvalue weighted by atomic mass is 19.4. The molecule has 0 radical (unpaired) electrons. The number of carbonyl (C=O) groups excluding carboxylic acids is 1. The van der Waals surface area contributed by atoms with Gasteiger partial charge in [-0.05, 0) is 31.6 Å². The van der Waals surface area contributed by atoms with Gasteiger partial charge < -0.3 is 20.5 Å². The lowest BCUT2D eigenvalue weighted by Gasteiger charge is -2.25. The van der Waals surface area contributed by atoms with E-state index in [1.165, 1.54) is 0 Å². The van der Waals surface area contributed by atoms with Crippen molar-refractivity contribution in [2.75, 3.05) is 26.3 Å². The summed E-state index contributed by atoms with van der Waals surface area (Å²) in [6, 6.07) is -0.342. The molecule has 2 unspecified atom stereocenters. The average molecular weight is 312 g/mol. The van der Waals surface area contributed by atoms with E-state index in [4.69, 9.17) is 0 Å². The Morgan fingerprint density at radius 1 is 1.29 bits per heavy atom. The maximum absolute atomic E-state index is 11.8. The quantitative estimate of drug-likeness (QED) is 0.628. The molecular weight excluding hydrogens is 289 g/mol. The molecule has 0 bridgehead atoms. The van der Waals surface area contributed by atoms with Gasteiger partial charge >= 0.3 is 12.2 Å². The van der Waals surface area contributed by atoms with Gasteiger partial charge in [0.1, 0.15) is 6.61 Å². The van der Waals surface area contributed by atoms with E-state index < -0.39 is 12.8 Å². The smallest absolute Gasteiger partial charge is 0.393 e. The molecule has 5 nitrogen and oxygen atoms in total. The lowest BCUT2D eigenvalue weighted by molar-refractivity contribution is -0.173. The molecular formula is C13H23F3N2O3. The minimum absolute atomic E-state index is 0.0470. The summed E-state index contributed by atoms with van der Waals surface area (Å²) in [5, 5.41) is 14.8. The number of aliphatic hydroxyl groups excluding tert-OH is 1. The molecule has 1 fully saturated rings. The highest BCUT2D eigenvalue weighted by Gasteiger charge is 2.27. The van der Waals surface area contributed by atoms with Crippen LogP contribution in [0.5, 0.6) is 0 Å². The standard InChI is InChI=1S/C13H23F3N2O3/c14-13(15,16)9-21-6-2-5-17-12(20)18-8-10-3-1-4-11(19)7-10/h10-11,19H,1-9H2,(H2,17,18,20). The SMILES string of the molecule is O=C(NCCCOCC(F)(F)F)NCC1CCCC(O)C1. The maximum atomic E-state index is 11.8. The lowest BCUT2D eigenvalue weighted by Crippen LogP contribution is -2.40. The third-order valence-electron chi connectivity index (χ3n) is 3.32. The number of ether oxygens (including phenoxy) is 1. The number of rotatable bonds is 7. The topological polar surface area (TPSA) is 70.6 Å². The average Bonchev–Trinajstić information content (AvgIpc) is 2.39. The monoisotopic (exact) mass is 312 g/mol. The van der Waals surface area contributed by atoms with E-state index in [0.29, 0.717) is 19.4 Å². The summed E-state index contributed by atoms with van der Waals surface area (Å²) in [6.07, 6.45) is -0.791. The number of aliphatic hydroxyl groups is 1. The first-order valence-electron chi connectivity index (χ1n) is 7.21. The molecule has 0 heterocycles. The van der Waals surface area contributed by atoms with Gasteiger partial charge in [0.05, 0.1) is 6.10 Å². The zero-order valence-corrected chi connectivity index (χ0v) is 11.9. The van der Waals surface area contributed by atoms with Crippen molar-refractivity contribution in [2.24, 2.45) is 5.92 Å². The minimum Gasteiger partial charge on any atom is -0.393 e. The molecule has 21 heavy (non-hydrogen) atoms. The largest absolute Gasteiger partial charge is 0.411 e. The normalized spacial score (nSPS) is 22.9. The molecule has 0 aromatic heterocycles. The van der Waals surface area contributed by atoms with E-state index in [-0.39, 0.29) is 31.2 Å². The van der Waals surface area contributed by atoms with Crippen LogP contribution in [0.4, 0.5) is 18.0 Å². The van der Waals surface area contributed by atoms with E-state index in [1.807, 2.05) is 0 Å². The summed E-state index contributed by atoms with van der Waals surface area (Å²) in [5.41, 5.74) is 0. The predicted octanol–water partition coefficient (Wildman–Crippen LogP) is 1.81. The summed E-state index contributed by atoms with van der Waals surface area (Å²) in [7, 11) is 0. The van der Waals surface area contributed by atoms with Gasteiger partial charge in [0, 0.05) is 19.7 Å². The summed E-state index contributed by atoms with van der Waals surface area (Å²) in [5.74, 6) is 0.287. The Kier molecular flexibility index (Phi) is 7.81. The first kappa shape index (κ1) is 18.0. The number of amides is 2. The summed E-state index contributed by atoms with van der Waals surface area (Å²) < 4.78 is 39.7. The summed E-state index contributed by atoms with van der Waals surface area (Å²) in [6.45, 7) is -0.539. The number of alkyl halides is 3. The van der Waals surface area contributed by atoms with Crippen molar-refractivity contribution in [3.05, 3.63) is 0 Å². The third kappa shape index (κ3) is 9.52. The first-order valence-corrected chi connectivity index (χ1v) is 7.21. The van der Waals surface area contributed by atoms with Gasteiger partial charge in [-0.2, -0.15) is 13.2 Å². The van der Waals surface area contributed by atoms with Crippen molar-refractivity contribution in [1.29, 1.82) is 0 Å². The minimum atomic E-state index is -4.31. The van der Waals surface area contributed by atoms with Gasteiger partial charge in [-0.1, -0.05) is 6.42 Å². The Bertz CT molecular complexity index is 314. The molecule has 1 rings (SSSR count). The number of hydrogen-bond acceptors (Lipinski definition) is 3. The van der Waals surface area contributed by atoms with Crippen LogP contribution in [0.2, 0.25) is 0 Å². The maximum Gasteiger partial charge on any atom is 0.411 e. The van der Waals surface area contributed by atoms with Crippen LogP contribution in [-0.4, -0.2) is 49.7 Å². The molecule has 8 heteroatoms. The highest BCUT2D eigenvalue weighted by molar-refractivity contribution is 5.73. The molecule has 0 aromatic carbocycles. The molecule has 0 spiro atoms. The Morgan fingerprint density at radius 3 is 2.71 bits per heavy atom. The second-order valence-electron chi connectivity index (χ2n) is 5.34. The van der Waals surface area contributed by atoms with Crippen molar-refractivity contribution in [3.8, 4) is 0 Å². The van der Waals surface area contributed by atoms with Crippen molar-refractivity contribution in [2.45, 2.75) is 44.4 Å². The van der Waals surface area contributed by atoms with E-state index in [9.17, 15) is 23.1 Å². The molecule has 3 N–H and O–H groups in total. The Labute approximate surface area is 122 Å². The van der Waals surface area contributed by atoms with Gasteiger partial charge in [0.2, 0.25) is 0 Å². The van der Waals surface area contributed by atoms with Gasteiger partial charge in [-0.15, -0.1) is 0 Å². The Balaban J connectivity index is 1.96. The second kappa shape index (κ2) is 9.09. The van der Waals surface area contributed by atoms with Crippen molar-refractivity contribution in [1.82, 2.24) is 10.6 Å². The Morgan fingerprint density at radius 2 is 2.05 bits per heavy atom. The fraction of sp³-hybridized carbons (Fsp3) is 0.923. The fourth-order valence-corrected chi connectivity index (χ4v) is 2.31. The highest BCUT2D eigenvalue weighted by Crippen LogP contribution is 2.23.